The maximum Gasteiger partial charge on any atom is 0.152 e. The minimum Gasteiger partial charge on any atom is -0.388 e. The van der Waals surface area contributed by atoms with Gasteiger partial charge >= 0.3 is 0 Å². The van der Waals surface area contributed by atoms with Crippen LogP contribution < -0.4 is 0 Å². The van der Waals surface area contributed by atoms with E-state index in [0.29, 0.717) is 0 Å². The highest BCUT2D eigenvalue weighted by molar-refractivity contribution is 5.87. The maximum atomic E-state index is 10.6. The van der Waals surface area contributed by atoms with Gasteiger partial charge in [0.2, 0.25) is 0 Å². The molecule has 0 aliphatic rings. The summed E-state index contributed by atoms with van der Waals surface area (Å²) in [5, 5.41) is 9.42. The van der Waals surface area contributed by atoms with Crippen molar-refractivity contribution >= 4 is 5.78 Å². The van der Waals surface area contributed by atoms with Crippen molar-refractivity contribution in [2.24, 2.45) is 5.92 Å². The molecule has 0 radical (unpaired) electrons. The Morgan fingerprint density at radius 1 is 1.36 bits per heavy atom. The van der Waals surface area contributed by atoms with Gasteiger partial charge in [0.15, 0.2) is 5.78 Å². The van der Waals surface area contributed by atoms with Crippen molar-refractivity contribution in [2.75, 3.05) is 0 Å². The molecule has 2 nitrogen and oxygen atoms in total. The number of carbonyl (C=O) groups is 1. The summed E-state index contributed by atoms with van der Waals surface area (Å²) >= 11 is 0. The van der Waals surface area contributed by atoms with E-state index in [-0.39, 0.29) is 11.7 Å². The predicted octanol–water partition coefficient (Wildman–Crippen LogP) is 1.54. The van der Waals surface area contributed by atoms with Crippen molar-refractivity contribution in [3.8, 4) is 0 Å². The van der Waals surface area contributed by atoms with Crippen LogP contribution in [0.15, 0.2) is 11.6 Å². The molecule has 0 spiro atoms. The summed E-state index contributed by atoms with van der Waals surface area (Å²) in [6.07, 6.45) is 0.990. The van der Waals surface area contributed by atoms with Gasteiger partial charge in [-0.2, -0.15) is 0 Å². The third kappa shape index (κ3) is 3.94. The number of aliphatic hydroxyl groups is 1. The molecule has 0 aromatic carbocycles. The highest BCUT2D eigenvalue weighted by Gasteiger charge is 2.10. The van der Waals surface area contributed by atoms with E-state index in [2.05, 4.69) is 0 Å². The van der Waals surface area contributed by atoms with Crippen LogP contribution in [0.5, 0.6) is 0 Å². The smallest absolute Gasteiger partial charge is 0.152 e. The highest BCUT2D eigenvalue weighted by Crippen LogP contribution is 2.10. The first-order chi connectivity index (χ1) is 4.95. The van der Waals surface area contributed by atoms with E-state index in [1.807, 2.05) is 13.8 Å². The van der Waals surface area contributed by atoms with Crippen molar-refractivity contribution in [3.63, 3.8) is 0 Å². The summed E-state index contributed by atoms with van der Waals surface area (Å²) in [7, 11) is 0. The summed E-state index contributed by atoms with van der Waals surface area (Å²) in [6, 6.07) is 0. The molecule has 0 aromatic heterocycles. The predicted molar refractivity (Wildman–Crippen MR) is 45.3 cm³/mol. The molecule has 11 heavy (non-hydrogen) atoms. The highest BCUT2D eigenvalue weighted by atomic mass is 16.3. The van der Waals surface area contributed by atoms with Crippen LogP contribution in [0.3, 0.4) is 0 Å². The van der Waals surface area contributed by atoms with Crippen LogP contribution >= 0.6 is 0 Å². The fourth-order valence-electron chi connectivity index (χ4n) is 0.932. The summed E-state index contributed by atoms with van der Waals surface area (Å²) in [6.45, 7) is 7.09. The molecular formula is C9H16O2. The van der Waals surface area contributed by atoms with Crippen molar-refractivity contribution in [1.82, 2.24) is 0 Å². The SMILES string of the molecule is CC(=O)/C=C(\C)C(O)C(C)C. The summed E-state index contributed by atoms with van der Waals surface area (Å²) < 4.78 is 0. The first kappa shape index (κ1) is 10.4. The molecule has 0 amide bonds. The molecule has 1 atom stereocenters. The monoisotopic (exact) mass is 156 g/mol. The molecule has 0 aromatic rings. The number of carbonyl (C=O) groups excluding carboxylic acids is 1. The molecule has 1 N–H and O–H groups in total. The molecule has 0 aliphatic heterocycles. The Bertz CT molecular complexity index is 168. The quantitative estimate of drug-likeness (QED) is 0.629. The number of rotatable bonds is 3. The van der Waals surface area contributed by atoms with Crippen LogP contribution in [0.25, 0.3) is 0 Å². The largest absolute Gasteiger partial charge is 0.388 e. The van der Waals surface area contributed by atoms with Gasteiger partial charge < -0.3 is 5.11 Å². The Morgan fingerprint density at radius 3 is 2.09 bits per heavy atom. The molecule has 0 rings (SSSR count). The minimum atomic E-state index is -0.487. The Hall–Kier alpha value is -0.630. The normalized spacial score (nSPS) is 15.3. The molecule has 1 unspecified atom stereocenters. The zero-order valence-corrected chi connectivity index (χ0v) is 7.59. The van der Waals surface area contributed by atoms with Gasteiger partial charge in [0.05, 0.1) is 6.10 Å². The van der Waals surface area contributed by atoms with Crippen LogP contribution in [0.2, 0.25) is 0 Å². The zero-order chi connectivity index (χ0) is 9.02. The topological polar surface area (TPSA) is 37.3 Å². The molecule has 0 fully saturated rings. The second-order valence-corrected chi connectivity index (χ2v) is 3.19. The third-order valence-electron chi connectivity index (χ3n) is 1.53. The number of aliphatic hydroxyl groups excluding tert-OH is 1. The van der Waals surface area contributed by atoms with E-state index >= 15 is 0 Å². The summed E-state index contributed by atoms with van der Waals surface area (Å²) in [5.41, 5.74) is 0.743. The van der Waals surface area contributed by atoms with Gasteiger partial charge in [-0.25, -0.2) is 0 Å². The summed E-state index contributed by atoms with van der Waals surface area (Å²) in [4.78, 5) is 10.6. The van der Waals surface area contributed by atoms with Gasteiger partial charge in [0, 0.05) is 0 Å². The molecule has 0 aliphatic carbocycles. The Labute approximate surface area is 67.9 Å². The molecule has 64 valence electrons. The maximum absolute atomic E-state index is 10.6. The fourth-order valence-corrected chi connectivity index (χ4v) is 0.932. The van der Waals surface area contributed by atoms with Gasteiger partial charge in [0.25, 0.3) is 0 Å². The van der Waals surface area contributed by atoms with Crippen LogP contribution in [0.1, 0.15) is 27.7 Å². The average molecular weight is 156 g/mol. The van der Waals surface area contributed by atoms with Crippen LogP contribution in [0.4, 0.5) is 0 Å². The van der Waals surface area contributed by atoms with Gasteiger partial charge in [-0.1, -0.05) is 13.8 Å². The average Bonchev–Trinajstić information content (AvgIpc) is 1.84. The molecule has 0 saturated carbocycles. The van der Waals surface area contributed by atoms with E-state index in [4.69, 9.17) is 0 Å². The van der Waals surface area contributed by atoms with Crippen molar-refractivity contribution in [2.45, 2.75) is 33.8 Å². The number of allylic oxidation sites excluding steroid dienone is 1. The van der Waals surface area contributed by atoms with Gasteiger partial charge in [-0.05, 0) is 31.4 Å². The Kier molecular flexibility index (Phi) is 4.04. The van der Waals surface area contributed by atoms with Crippen LogP contribution in [-0.2, 0) is 4.79 Å². The molecule has 2 heteroatoms. The lowest BCUT2D eigenvalue weighted by Crippen LogP contribution is -2.16. The van der Waals surface area contributed by atoms with Crippen LogP contribution in [0, 0.1) is 5.92 Å². The fraction of sp³-hybridized carbons (Fsp3) is 0.667. The number of hydrogen-bond acceptors (Lipinski definition) is 2. The third-order valence-corrected chi connectivity index (χ3v) is 1.53. The first-order valence-corrected chi connectivity index (χ1v) is 3.82. The van der Waals surface area contributed by atoms with E-state index in [1.54, 1.807) is 6.92 Å². The van der Waals surface area contributed by atoms with Gasteiger partial charge in [0.1, 0.15) is 0 Å². The number of hydrogen-bond donors (Lipinski definition) is 1. The second-order valence-electron chi connectivity index (χ2n) is 3.19. The van der Waals surface area contributed by atoms with Gasteiger partial charge in [-0.15, -0.1) is 0 Å². The lowest BCUT2D eigenvalue weighted by molar-refractivity contribution is -0.112. The first-order valence-electron chi connectivity index (χ1n) is 3.82. The lowest BCUT2D eigenvalue weighted by atomic mass is 10.00. The van der Waals surface area contributed by atoms with Crippen molar-refractivity contribution in [3.05, 3.63) is 11.6 Å². The van der Waals surface area contributed by atoms with E-state index in [1.165, 1.54) is 13.0 Å². The van der Waals surface area contributed by atoms with E-state index in [9.17, 15) is 9.90 Å². The van der Waals surface area contributed by atoms with E-state index in [0.717, 1.165) is 5.57 Å². The van der Waals surface area contributed by atoms with Gasteiger partial charge in [-0.3, -0.25) is 4.79 Å². The minimum absolute atomic E-state index is 0.0119. The second kappa shape index (κ2) is 4.29. The number of ketones is 1. The van der Waals surface area contributed by atoms with Crippen LogP contribution in [-0.4, -0.2) is 17.0 Å². The Morgan fingerprint density at radius 2 is 1.82 bits per heavy atom. The molecule has 0 heterocycles. The standard InChI is InChI=1S/C9H16O2/c1-6(2)9(11)7(3)5-8(4)10/h5-6,9,11H,1-4H3/b7-5+. The lowest BCUT2D eigenvalue weighted by Gasteiger charge is -2.14. The molecule has 0 bridgehead atoms. The van der Waals surface area contributed by atoms with Crippen molar-refractivity contribution < 1.29 is 9.90 Å². The zero-order valence-electron chi connectivity index (χ0n) is 7.59. The Balaban J connectivity index is 4.23. The van der Waals surface area contributed by atoms with Crippen molar-refractivity contribution in [1.29, 1.82) is 0 Å². The molecule has 0 saturated heterocycles. The van der Waals surface area contributed by atoms with E-state index < -0.39 is 6.10 Å². The molecular weight excluding hydrogens is 140 g/mol. The summed E-state index contributed by atoms with van der Waals surface area (Å²) in [5.74, 6) is 0.160.